The van der Waals surface area contributed by atoms with Crippen molar-refractivity contribution in [1.29, 1.82) is 0 Å². The van der Waals surface area contributed by atoms with Gasteiger partial charge >= 0.3 is 0 Å². The number of hydrogen-bond acceptors (Lipinski definition) is 4. The summed E-state index contributed by atoms with van der Waals surface area (Å²) in [6.45, 7) is 4.95. The van der Waals surface area contributed by atoms with Crippen LogP contribution in [0.3, 0.4) is 0 Å². The highest BCUT2D eigenvalue weighted by Gasteiger charge is 2.03. The van der Waals surface area contributed by atoms with E-state index in [-0.39, 0.29) is 5.75 Å². The van der Waals surface area contributed by atoms with E-state index < -0.39 is 0 Å². The third-order valence-electron chi connectivity index (χ3n) is 2.20. The number of fused-ring (bicyclic) bond motifs is 1. The van der Waals surface area contributed by atoms with E-state index in [1.165, 1.54) is 0 Å². The Morgan fingerprint density at radius 1 is 1.44 bits per heavy atom. The zero-order chi connectivity index (χ0) is 11.4. The highest BCUT2D eigenvalue weighted by molar-refractivity contribution is 5.80. The average molecular weight is 215 g/mol. The SMILES string of the molecule is C=CCNCc1cnc2cccc(O)c2n1. The van der Waals surface area contributed by atoms with Gasteiger partial charge in [-0.2, -0.15) is 0 Å². The van der Waals surface area contributed by atoms with E-state index in [0.29, 0.717) is 17.6 Å². The minimum atomic E-state index is 0.163. The number of phenolic OH excluding ortho intramolecular Hbond substituents is 1. The van der Waals surface area contributed by atoms with Crippen LogP contribution in [0.2, 0.25) is 0 Å². The van der Waals surface area contributed by atoms with Crippen molar-refractivity contribution in [3.8, 4) is 5.75 Å². The molecule has 4 heteroatoms. The molecule has 0 aliphatic carbocycles. The van der Waals surface area contributed by atoms with Crippen molar-refractivity contribution < 1.29 is 5.11 Å². The number of benzene rings is 1. The third kappa shape index (κ3) is 2.17. The molecular formula is C12H13N3O. The lowest BCUT2D eigenvalue weighted by atomic mass is 10.2. The van der Waals surface area contributed by atoms with E-state index in [1.54, 1.807) is 24.4 Å². The largest absolute Gasteiger partial charge is 0.506 e. The zero-order valence-electron chi connectivity index (χ0n) is 8.85. The number of phenols is 1. The van der Waals surface area contributed by atoms with Crippen LogP contribution < -0.4 is 5.32 Å². The molecule has 1 heterocycles. The maximum atomic E-state index is 9.63. The maximum Gasteiger partial charge on any atom is 0.143 e. The molecule has 2 N–H and O–H groups in total. The lowest BCUT2D eigenvalue weighted by Crippen LogP contribution is -2.13. The molecule has 0 fully saturated rings. The highest BCUT2D eigenvalue weighted by Crippen LogP contribution is 2.20. The molecule has 0 atom stereocenters. The second-order valence-corrected chi connectivity index (χ2v) is 3.43. The van der Waals surface area contributed by atoms with Gasteiger partial charge < -0.3 is 10.4 Å². The monoisotopic (exact) mass is 215 g/mol. The number of nitrogens with one attached hydrogen (secondary N) is 1. The first kappa shape index (κ1) is 10.6. The molecule has 16 heavy (non-hydrogen) atoms. The molecule has 0 unspecified atom stereocenters. The molecule has 2 rings (SSSR count). The number of aromatic hydroxyl groups is 1. The van der Waals surface area contributed by atoms with Crippen molar-refractivity contribution in [3.63, 3.8) is 0 Å². The Morgan fingerprint density at radius 2 is 2.31 bits per heavy atom. The Hall–Kier alpha value is -1.94. The molecule has 0 spiro atoms. The summed E-state index contributed by atoms with van der Waals surface area (Å²) in [5.74, 6) is 0.163. The van der Waals surface area contributed by atoms with E-state index in [1.807, 2.05) is 6.07 Å². The molecule has 0 saturated carbocycles. The van der Waals surface area contributed by atoms with Crippen molar-refractivity contribution in [2.45, 2.75) is 6.54 Å². The van der Waals surface area contributed by atoms with Gasteiger partial charge in [0.2, 0.25) is 0 Å². The second kappa shape index (κ2) is 4.72. The minimum absolute atomic E-state index is 0.163. The summed E-state index contributed by atoms with van der Waals surface area (Å²) in [5, 5.41) is 12.8. The van der Waals surface area contributed by atoms with Crippen molar-refractivity contribution in [2.24, 2.45) is 0 Å². The summed E-state index contributed by atoms with van der Waals surface area (Å²) < 4.78 is 0. The lowest BCUT2D eigenvalue weighted by Gasteiger charge is -2.03. The molecule has 2 aromatic rings. The predicted octanol–water partition coefficient (Wildman–Crippen LogP) is 1.61. The van der Waals surface area contributed by atoms with E-state index in [9.17, 15) is 5.11 Å². The summed E-state index contributed by atoms with van der Waals surface area (Å²) >= 11 is 0. The predicted molar refractivity (Wildman–Crippen MR) is 63.1 cm³/mol. The van der Waals surface area contributed by atoms with Crippen LogP contribution in [0.4, 0.5) is 0 Å². The van der Waals surface area contributed by atoms with Gasteiger partial charge in [-0.05, 0) is 12.1 Å². The van der Waals surface area contributed by atoms with Crippen molar-refractivity contribution in [3.05, 3.63) is 42.7 Å². The Bertz CT molecular complexity index is 511. The van der Waals surface area contributed by atoms with E-state index in [4.69, 9.17) is 0 Å². The van der Waals surface area contributed by atoms with Gasteiger partial charge in [0.25, 0.3) is 0 Å². The fraction of sp³-hybridized carbons (Fsp3) is 0.167. The molecule has 1 aromatic heterocycles. The van der Waals surface area contributed by atoms with E-state index in [2.05, 4.69) is 21.9 Å². The van der Waals surface area contributed by atoms with Gasteiger partial charge in [0, 0.05) is 13.1 Å². The van der Waals surface area contributed by atoms with Gasteiger partial charge in [-0.3, -0.25) is 4.98 Å². The van der Waals surface area contributed by atoms with Crippen LogP contribution in [0.15, 0.2) is 37.1 Å². The zero-order valence-corrected chi connectivity index (χ0v) is 8.85. The first-order valence-corrected chi connectivity index (χ1v) is 5.06. The summed E-state index contributed by atoms with van der Waals surface area (Å²) in [5.41, 5.74) is 2.05. The van der Waals surface area contributed by atoms with Gasteiger partial charge in [-0.25, -0.2) is 4.98 Å². The first-order valence-electron chi connectivity index (χ1n) is 5.06. The average Bonchev–Trinajstić information content (AvgIpc) is 2.30. The molecule has 4 nitrogen and oxygen atoms in total. The number of para-hydroxylation sites is 1. The molecule has 0 bridgehead atoms. The second-order valence-electron chi connectivity index (χ2n) is 3.43. The molecule has 0 aliphatic rings. The van der Waals surface area contributed by atoms with Gasteiger partial charge in [0.15, 0.2) is 0 Å². The van der Waals surface area contributed by atoms with Crippen molar-refractivity contribution in [2.75, 3.05) is 6.54 Å². The minimum Gasteiger partial charge on any atom is -0.506 e. The molecule has 0 saturated heterocycles. The first-order chi connectivity index (χ1) is 7.81. The molecule has 0 radical (unpaired) electrons. The Kier molecular flexibility index (Phi) is 3.12. The van der Waals surface area contributed by atoms with Crippen LogP contribution in [-0.2, 0) is 6.54 Å². The summed E-state index contributed by atoms with van der Waals surface area (Å²) in [6, 6.07) is 5.18. The van der Waals surface area contributed by atoms with E-state index in [0.717, 1.165) is 12.2 Å². The smallest absolute Gasteiger partial charge is 0.143 e. The van der Waals surface area contributed by atoms with E-state index >= 15 is 0 Å². The molecule has 82 valence electrons. The van der Waals surface area contributed by atoms with Gasteiger partial charge in [-0.15, -0.1) is 6.58 Å². The van der Waals surface area contributed by atoms with Gasteiger partial charge in [0.05, 0.1) is 17.4 Å². The van der Waals surface area contributed by atoms with Crippen molar-refractivity contribution >= 4 is 11.0 Å². The summed E-state index contributed by atoms with van der Waals surface area (Å²) in [7, 11) is 0. The third-order valence-corrected chi connectivity index (χ3v) is 2.20. The van der Waals surface area contributed by atoms with Gasteiger partial charge in [0.1, 0.15) is 11.3 Å². The molecular weight excluding hydrogens is 202 g/mol. The Labute approximate surface area is 93.7 Å². The molecule has 0 amide bonds. The normalized spacial score (nSPS) is 10.5. The quantitative estimate of drug-likeness (QED) is 0.601. The molecule has 1 aromatic carbocycles. The summed E-state index contributed by atoms with van der Waals surface area (Å²) in [4.78, 5) is 8.57. The standard InChI is InChI=1S/C12H13N3O/c1-2-6-13-7-9-8-14-10-4-3-5-11(16)12(10)15-9/h2-5,8,13,16H,1,6-7H2. The van der Waals surface area contributed by atoms with Crippen LogP contribution >= 0.6 is 0 Å². The van der Waals surface area contributed by atoms with Crippen LogP contribution in [-0.4, -0.2) is 21.6 Å². The Balaban J connectivity index is 2.28. The number of aromatic nitrogens is 2. The summed E-state index contributed by atoms with van der Waals surface area (Å²) in [6.07, 6.45) is 3.49. The number of nitrogens with zero attached hydrogens (tertiary/aromatic N) is 2. The highest BCUT2D eigenvalue weighted by atomic mass is 16.3. The maximum absolute atomic E-state index is 9.63. The van der Waals surface area contributed by atoms with Crippen LogP contribution in [0.25, 0.3) is 11.0 Å². The fourth-order valence-corrected chi connectivity index (χ4v) is 1.44. The molecule has 0 aliphatic heterocycles. The fourth-order valence-electron chi connectivity index (χ4n) is 1.44. The van der Waals surface area contributed by atoms with Crippen molar-refractivity contribution in [1.82, 2.24) is 15.3 Å². The number of rotatable bonds is 4. The lowest BCUT2D eigenvalue weighted by molar-refractivity contribution is 0.480. The topological polar surface area (TPSA) is 58.0 Å². The van der Waals surface area contributed by atoms with Crippen LogP contribution in [0.1, 0.15) is 5.69 Å². The van der Waals surface area contributed by atoms with Crippen LogP contribution in [0, 0.1) is 0 Å². The Morgan fingerprint density at radius 3 is 3.12 bits per heavy atom. The van der Waals surface area contributed by atoms with Gasteiger partial charge in [-0.1, -0.05) is 12.1 Å². The number of hydrogen-bond donors (Lipinski definition) is 2. The van der Waals surface area contributed by atoms with Crippen LogP contribution in [0.5, 0.6) is 5.75 Å².